The van der Waals surface area contributed by atoms with Gasteiger partial charge in [0.25, 0.3) is 0 Å². The Kier molecular flexibility index (Phi) is 5.27. The van der Waals surface area contributed by atoms with Crippen molar-refractivity contribution in [3.63, 3.8) is 0 Å². The molecule has 0 aromatic carbocycles. The minimum absolute atomic E-state index is 0.644. The van der Waals surface area contributed by atoms with Crippen LogP contribution in [0.15, 0.2) is 16.8 Å². The van der Waals surface area contributed by atoms with Crippen molar-refractivity contribution in [1.29, 1.82) is 0 Å². The highest BCUT2D eigenvalue weighted by Gasteiger charge is 1.93. The molecule has 0 aliphatic rings. The van der Waals surface area contributed by atoms with E-state index in [-0.39, 0.29) is 0 Å². The molecule has 0 fully saturated rings. The van der Waals surface area contributed by atoms with Crippen molar-refractivity contribution in [1.82, 2.24) is 5.32 Å². The Labute approximate surface area is 85.8 Å². The highest BCUT2D eigenvalue weighted by molar-refractivity contribution is 7.84. The Morgan fingerprint density at radius 3 is 3.08 bits per heavy atom. The molecule has 13 heavy (non-hydrogen) atoms. The third-order valence-corrected chi connectivity index (χ3v) is 3.29. The fourth-order valence-electron chi connectivity index (χ4n) is 1.03. The standard InChI is InChI=1S/C9H15NOS2/c1-13(11)6-2-4-10-7-9-3-5-12-8-9/h3,5,8,10H,2,4,6-7H2,1H3. The van der Waals surface area contributed by atoms with Crippen molar-refractivity contribution in [2.24, 2.45) is 0 Å². The lowest BCUT2D eigenvalue weighted by atomic mass is 10.3. The van der Waals surface area contributed by atoms with E-state index in [2.05, 4.69) is 22.1 Å². The van der Waals surface area contributed by atoms with Crippen LogP contribution in [0.4, 0.5) is 0 Å². The van der Waals surface area contributed by atoms with Crippen LogP contribution in [-0.2, 0) is 17.3 Å². The summed E-state index contributed by atoms with van der Waals surface area (Å²) in [4.78, 5) is 0. The molecule has 0 saturated carbocycles. The third-order valence-electron chi connectivity index (χ3n) is 1.69. The maximum Gasteiger partial charge on any atom is 0.0244 e. The zero-order valence-corrected chi connectivity index (χ0v) is 9.42. The van der Waals surface area contributed by atoms with Gasteiger partial charge < -0.3 is 5.32 Å². The first-order valence-electron chi connectivity index (χ1n) is 4.31. The molecule has 0 aliphatic heterocycles. The molecule has 0 spiro atoms. The summed E-state index contributed by atoms with van der Waals surface area (Å²) in [6.45, 7) is 1.88. The molecule has 0 amide bonds. The molecule has 74 valence electrons. The summed E-state index contributed by atoms with van der Waals surface area (Å²) >= 11 is 1.72. The lowest BCUT2D eigenvalue weighted by Crippen LogP contribution is -2.16. The van der Waals surface area contributed by atoms with Gasteiger partial charge in [-0.3, -0.25) is 4.21 Å². The molecule has 0 saturated heterocycles. The molecule has 1 N–H and O–H groups in total. The van der Waals surface area contributed by atoms with E-state index in [1.165, 1.54) is 5.56 Å². The van der Waals surface area contributed by atoms with Gasteiger partial charge in [0.1, 0.15) is 0 Å². The molecule has 4 heteroatoms. The van der Waals surface area contributed by atoms with Gasteiger partial charge in [0.15, 0.2) is 0 Å². The minimum atomic E-state index is -0.644. The number of thiophene rings is 1. The normalized spacial score (nSPS) is 13.0. The SMILES string of the molecule is CS(=O)CCCNCc1ccsc1. The lowest BCUT2D eigenvalue weighted by molar-refractivity contribution is 0.663. The monoisotopic (exact) mass is 217 g/mol. The van der Waals surface area contributed by atoms with Crippen LogP contribution in [0.2, 0.25) is 0 Å². The summed E-state index contributed by atoms with van der Waals surface area (Å²) in [6, 6.07) is 2.12. The van der Waals surface area contributed by atoms with Gasteiger partial charge in [0, 0.05) is 29.4 Å². The van der Waals surface area contributed by atoms with Gasteiger partial charge in [-0.05, 0) is 35.4 Å². The Balaban J connectivity index is 1.99. The highest BCUT2D eigenvalue weighted by atomic mass is 32.2. The molecule has 1 atom stereocenters. The van der Waals surface area contributed by atoms with E-state index in [0.717, 1.165) is 25.3 Å². The van der Waals surface area contributed by atoms with Crippen LogP contribution in [0.25, 0.3) is 0 Å². The second kappa shape index (κ2) is 6.29. The lowest BCUT2D eigenvalue weighted by Gasteiger charge is -2.01. The molecule has 2 nitrogen and oxygen atoms in total. The summed E-state index contributed by atoms with van der Waals surface area (Å²) in [5.74, 6) is 0.802. The Hall–Kier alpha value is -0.190. The maximum atomic E-state index is 10.7. The van der Waals surface area contributed by atoms with Crippen molar-refractivity contribution in [3.8, 4) is 0 Å². The first kappa shape index (κ1) is 10.9. The van der Waals surface area contributed by atoms with Gasteiger partial charge in [-0.15, -0.1) is 0 Å². The number of hydrogen-bond donors (Lipinski definition) is 1. The fraction of sp³-hybridized carbons (Fsp3) is 0.556. The number of rotatable bonds is 6. The predicted octanol–water partition coefficient (Wildman–Crippen LogP) is 1.61. The van der Waals surface area contributed by atoms with E-state index in [0.29, 0.717) is 0 Å². The smallest absolute Gasteiger partial charge is 0.0244 e. The topological polar surface area (TPSA) is 29.1 Å². The molecule has 0 bridgehead atoms. The van der Waals surface area contributed by atoms with E-state index < -0.39 is 10.8 Å². The number of hydrogen-bond acceptors (Lipinski definition) is 3. The molecule has 1 unspecified atom stereocenters. The average molecular weight is 217 g/mol. The first-order chi connectivity index (χ1) is 6.29. The predicted molar refractivity (Wildman–Crippen MR) is 59.6 cm³/mol. The van der Waals surface area contributed by atoms with Gasteiger partial charge in [0.2, 0.25) is 0 Å². The van der Waals surface area contributed by atoms with Crippen molar-refractivity contribution < 1.29 is 4.21 Å². The van der Waals surface area contributed by atoms with Crippen LogP contribution >= 0.6 is 11.3 Å². The molecule has 1 aromatic rings. The minimum Gasteiger partial charge on any atom is -0.313 e. The highest BCUT2D eigenvalue weighted by Crippen LogP contribution is 2.04. The fourth-order valence-corrected chi connectivity index (χ4v) is 2.25. The van der Waals surface area contributed by atoms with Crippen molar-refractivity contribution in [2.75, 3.05) is 18.6 Å². The first-order valence-corrected chi connectivity index (χ1v) is 6.98. The Morgan fingerprint density at radius 1 is 1.62 bits per heavy atom. The van der Waals surface area contributed by atoms with E-state index in [1.54, 1.807) is 17.6 Å². The molecule has 1 aromatic heterocycles. The van der Waals surface area contributed by atoms with Crippen molar-refractivity contribution in [2.45, 2.75) is 13.0 Å². The quantitative estimate of drug-likeness (QED) is 0.733. The van der Waals surface area contributed by atoms with Gasteiger partial charge in [-0.2, -0.15) is 11.3 Å². The van der Waals surface area contributed by atoms with Crippen molar-refractivity contribution in [3.05, 3.63) is 22.4 Å². The molecule has 0 aliphatic carbocycles. The van der Waals surface area contributed by atoms with Gasteiger partial charge in [-0.1, -0.05) is 0 Å². The second-order valence-electron chi connectivity index (χ2n) is 2.94. The van der Waals surface area contributed by atoms with Crippen LogP contribution in [0.1, 0.15) is 12.0 Å². The largest absolute Gasteiger partial charge is 0.313 e. The summed E-state index contributed by atoms with van der Waals surface area (Å²) in [5.41, 5.74) is 1.34. The van der Waals surface area contributed by atoms with Crippen LogP contribution < -0.4 is 5.32 Å². The summed E-state index contributed by atoms with van der Waals surface area (Å²) in [5, 5.41) is 7.54. The summed E-state index contributed by atoms with van der Waals surface area (Å²) in [7, 11) is -0.644. The summed E-state index contributed by atoms with van der Waals surface area (Å²) in [6.07, 6.45) is 2.74. The summed E-state index contributed by atoms with van der Waals surface area (Å²) < 4.78 is 10.7. The van der Waals surface area contributed by atoms with Gasteiger partial charge in [0.05, 0.1) is 0 Å². The average Bonchev–Trinajstić information content (AvgIpc) is 2.55. The van der Waals surface area contributed by atoms with Crippen LogP contribution in [-0.4, -0.2) is 22.8 Å². The van der Waals surface area contributed by atoms with E-state index in [4.69, 9.17) is 0 Å². The van der Waals surface area contributed by atoms with Crippen LogP contribution in [0, 0.1) is 0 Å². The Morgan fingerprint density at radius 2 is 2.46 bits per heavy atom. The zero-order valence-electron chi connectivity index (χ0n) is 7.79. The molecular formula is C9H15NOS2. The van der Waals surface area contributed by atoms with E-state index >= 15 is 0 Å². The van der Waals surface area contributed by atoms with Crippen LogP contribution in [0.5, 0.6) is 0 Å². The third kappa shape index (κ3) is 5.18. The number of nitrogens with one attached hydrogen (secondary N) is 1. The maximum absolute atomic E-state index is 10.7. The molecule has 1 heterocycles. The van der Waals surface area contributed by atoms with Crippen LogP contribution in [0.3, 0.4) is 0 Å². The molecule has 1 rings (SSSR count). The Bertz CT molecular complexity index is 246. The van der Waals surface area contributed by atoms with Gasteiger partial charge in [-0.25, -0.2) is 0 Å². The van der Waals surface area contributed by atoms with E-state index in [9.17, 15) is 4.21 Å². The van der Waals surface area contributed by atoms with Crippen molar-refractivity contribution >= 4 is 22.1 Å². The van der Waals surface area contributed by atoms with E-state index in [1.807, 2.05) is 0 Å². The molecule has 0 radical (unpaired) electrons. The second-order valence-corrected chi connectivity index (χ2v) is 5.27. The zero-order chi connectivity index (χ0) is 9.52. The molecular weight excluding hydrogens is 202 g/mol. The van der Waals surface area contributed by atoms with Gasteiger partial charge >= 0.3 is 0 Å².